The number of hydrogen-bond donors (Lipinski definition) is 1. The fraction of sp³-hybridized carbons (Fsp3) is 0.565. The van der Waals surface area contributed by atoms with Gasteiger partial charge < -0.3 is 9.72 Å². The number of aromatic nitrogens is 5. The maximum atomic E-state index is 12.8. The van der Waals surface area contributed by atoms with Crippen LogP contribution in [0.15, 0.2) is 29.1 Å². The highest BCUT2D eigenvalue weighted by molar-refractivity contribution is 5.79. The number of H-pyrrole nitrogens is 1. The number of fused-ring (bicyclic) bond motifs is 1. The van der Waals surface area contributed by atoms with Gasteiger partial charge in [0.15, 0.2) is 5.82 Å². The molecule has 1 aromatic carbocycles. The molecule has 0 saturated carbocycles. The zero-order valence-corrected chi connectivity index (χ0v) is 18.9. The second-order valence-electron chi connectivity index (χ2n) is 9.19. The quantitative estimate of drug-likeness (QED) is 0.598. The van der Waals surface area contributed by atoms with Crippen LogP contribution < -0.4 is 5.56 Å². The van der Waals surface area contributed by atoms with Crippen molar-refractivity contribution in [1.82, 2.24) is 30.1 Å². The monoisotopic (exact) mass is 424 g/mol. The number of hydrogen-bond acceptors (Lipinski definition) is 6. The van der Waals surface area contributed by atoms with Gasteiger partial charge in [-0.15, -0.1) is 5.10 Å². The third kappa shape index (κ3) is 4.85. The molecule has 0 amide bonds. The van der Waals surface area contributed by atoms with Crippen molar-refractivity contribution in [1.29, 1.82) is 0 Å². The summed E-state index contributed by atoms with van der Waals surface area (Å²) in [4.78, 5) is 18.1. The number of aryl methyl sites for hydroxylation is 1. The van der Waals surface area contributed by atoms with Crippen LogP contribution in [0.3, 0.4) is 0 Å². The Hall–Kier alpha value is -2.58. The van der Waals surface area contributed by atoms with Gasteiger partial charge in [0.05, 0.1) is 18.2 Å². The Balaban J connectivity index is 1.62. The van der Waals surface area contributed by atoms with Crippen LogP contribution in [-0.4, -0.2) is 49.3 Å². The van der Waals surface area contributed by atoms with E-state index >= 15 is 0 Å². The topological polar surface area (TPSA) is 88.9 Å². The summed E-state index contributed by atoms with van der Waals surface area (Å²) >= 11 is 0. The fourth-order valence-corrected chi connectivity index (χ4v) is 4.10. The number of aromatic amines is 1. The van der Waals surface area contributed by atoms with Crippen molar-refractivity contribution >= 4 is 10.9 Å². The van der Waals surface area contributed by atoms with Crippen LogP contribution in [-0.2, 0) is 23.4 Å². The molecular formula is C23H32N6O2. The van der Waals surface area contributed by atoms with Gasteiger partial charge in [-0.05, 0) is 73.5 Å². The molecule has 0 aliphatic carbocycles. The zero-order chi connectivity index (χ0) is 22.0. The van der Waals surface area contributed by atoms with Gasteiger partial charge in [0.25, 0.3) is 5.56 Å². The van der Waals surface area contributed by atoms with E-state index in [-0.39, 0.29) is 17.2 Å². The minimum absolute atomic E-state index is 0.0519. The van der Waals surface area contributed by atoms with E-state index in [2.05, 4.69) is 58.3 Å². The standard InChI is InChI=1S/C23H32N6O2/c1-5-23(3,4)29-21(25-26-27-29)15-28(14-19-7-6-10-31-19)13-18-12-17-9-8-16(2)11-20(17)24-22(18)30/h8-9,11-12,19H,5-7,10,13-15H2,1-4H3,(H,24,30). The van der Waals surface area contributed by atoms with E-state index in [9.17, 15) is 4.79 Å². The van der Waals surface area contributed by atoms with Crippen LogP contribution in [0.2, 0.25) is 0 Å². The molecule has 1 saturated heterocycles. The predicted octanol–water partition coefficient (Wildman–Crippen LogP) is 3.15. The molecule has 4 rings (SSSR count). The molecule has 1 aliphatic heterocycles. The van der Waals surface area contributed by atoms with E-state index in [1.807, 2.05) is 23.7 Å². The minimum Gasteiger partial charge on any atom is -0.377 e. The van der Waals surface area contributed by atoms with E-state index in [1.54, 1.807) is 0 Å². The van der Waals surface area contributed by atoms with Gasteiger partial charge in [-0.1, -0.05) is 19.1 Å². The van der Waals surface area contributed by atoms with Crippen LogP contribution in [0, 0.1) is 6.92 Å². The molecule has 166 valence electrons. The average Bonchev–Trinajstić information content (AvgIpc) is 3.41. The summed E-state index contributed by atoms with van der Waals surface area (Å²) in [6.07, 6.45) is 3.20. The van der Waals surface area contributed by atoms with E-state index in [0.29, 0.717) is 13.1 Å². The van der Waals surface area contributed by atoms with Crippen molar-refractivity contribution in [3.63, 3.8) is 0 Å². The Kier molecular flexibility index (Phi) is 6.20. The van der Waals surface area contributed by atoms with Crippen LogP contribution in [0.1, 0.15) is 57.0 Å². The Morgan fingerprint density at radius 2 is 2.13 bits per heavy atom. The van der Waals surface area contributed by atoms with Crippen molar-refractivity contribution in [3.8, 4) is 0 Å². The maximum Gasteiger partial charge on any atom is 0.252 e. The normalized spacial score (nSPS) is 17.1. The number of rotatable bonds is 8. The lowest BCUT2D eigenvalue weighted by molar-refractivity contribution is 0.0656. The van der Waals surface area contributed by atoms with E-state index in [0.717, 1.165) is 60.3 Å². The van der Waals surface area contributed by atoms with Crippen molar-refractivity contribution in [3.05, 3.63) is 51.6 Å². The third-order valence-corrected chi connectivity index (χ3v) is 6.30. The van der Waals surface area contributed by atoms with Gasteiger partial charge in [0, 0.05) is 30.8 Å². The molecule has 3 heterocycles. The summed E-state index contributed by atoms with van der Waals surface area (Å²) in [5.41, 5.74) is 2.51. The first-order chi connectivity index (χ1) is 14.9. The number of nitrogens with zero attached hydrogens (tertiary/aromatic N) is 5. The first kappa shape index (κ1) is 21.6. The first-order valence-corrected chi connectivity index (χ1v) is 11.1. The molecule has 1 fully saturated rings. The van der Waals surface area contributed by atoms with Gasteiger partial charge in [-0.3, -0.25) is 9.69 Å². The van der Waals surface area contributed by atoms with Crippen molar-refractivity contribution in [2.24, 2.45) is 0 Å². The van der Waals surface area contributed by atoms with Gasteiger partial charge in [-0.25, -0.2) is 4.68 Å². The summed E-state index contributed by atoms with van der Waals surface area (Å²) < 4.78 is 7.79. The zero-order valence-electron chi connectivity index (χ0n) is 18.9. The highest BCUT2D eigenvalue weighted by atomic mass is 16.5. The Bertz CT molecular complexity index is 1100. The number of tetrazole rings is 1. The molecule has 8 heteroatoms. The third-order valence-electron chi connectivity index (χ3n) is 6.30. The summed E-state index contributed by atoms with van der Waals surface area (Å²) in [6, 6.07) is 8.12. The predicted molar refractivity (Wildman–Crippen MR) is 120 cm³/mol. The summed E-state index contributed by atoms with van der Waals surface area (Å²) in [5.74, 6) is 0.803. The minimum atomic E-state index is -0.174. The number of nitrogens with one attached hydrogen (secondary N) is 1. The van der Waals surface area contributed by atoms with Gasteiger partial charge in [-0.2, -0.15) is 0 Å². The second-order valence-corrected chi connectivity index (χ2v) is 9.19. The highest BCUT2D eigenvalue weighted by Crippen LogP contribution is 2.22. The molecule has 0 bridgehead atoms. The van der Waals surface area contributed by atoms with E-state index in [4.69, 9.17) is 4.74 Å². The smallest absolute Gasteiger partial charge is 0.252 e. The van der Waals surface area contributed by atoms with Crippen molar-refractivity contribution < 1.29 is 4.74 Å². The van der Waals surface area contributed by atoms with Gasteiger partial charge >= 0.3 is 0 Å². The van der Waals surface area contributed by atoms with Crippen LogP contribution in [0.4, 0.5) is 0 Å². The maximum absolute atomic E-state index is 12.8. The summed E-state index contributed by atoms with van der Waals surface area (Å²) in [6.45, 7) is 11.0. The fourth-order valence-electron chi connectivity index (χ4n) is 4.10. The summed E-state index contributed by atoms with van der Waals surface area (Å²) in [7, 11) is 0. The lowest BCUT2D eigenvalue weighted by Crippen LogP contribution is -2.36. The highest BCUT2D eigenvalue weighted by Gasteiger charge is 2.26. The number of benzene rings is 1. The Morgan fingerprint density at radius 1 is 1.29 bits per heavy atom. The molecule has 1 unspecified atom stereocenters. The lowest BCUT2D eigenvalue weighted by atomic mass is 10.0. The van der Waals surface area contributed by atoms with Crippen LogP contribution in [0.5, 0.6) is 0 Å². The Labute approximate surface area is 182 Å². The van der Waals surface area contributed by atoms with Crippen molar-refractivity contribution in [2.75, 3.05) is 13.2 Å². The van der Waals surface area contributed by atoms with Crippen LogP contribution >= 0.6 is 0 Å². The second kappa shape index (κ2) is 8.88. The first-order valence-electron chi connectivity index (χ1n) is 11.1. The number of pyridine rings is 1. The molecule has 1 aliphatic rings. The molecule has 1 atom stereocenters. The largest absolute Gasteiger partial charge is 0.377 e. The van der Waals surface area contributed by atoms with Gasteiger partial charge in [0.2, 0.25) is 0 Å². The van der Waals surface area contributed by atoms with E-state index in [1.165, 1.54) is 0 Å². The van der Waals surface area contributed by atoms with Gasteiger partial charge in [0.1, 0.15) is 0 Å². The molecule has 31 heavy (non-hydrogen) atoms. The molecule has 3 aromatic rings. The molecule has 0 radical (unpaired) electrons. The molecule has 0 spiro atoms. The summed E-state index contributed by atoms with van der Waals surface area (Å²) in [5, 5.41) is 13.5. The Morgan fingerprint density at radius 3 is 2.87 bits per heavy atom. The molecule has 2 aromatic heterocycles. The van der Waals surface area contributed by atoms with E-state index < -0.39 is 0 Å². The van der Waals surface area contributed by atoms with Crippen molar-refractivity contribution in [2.45, 2.75) is 71.7 Å². The SMILES string of the molecule is CCC(C)(C)n1nnnc1CN(Cc1cc2ccc(C)cc2[nH]c1=O)CC1CCCO1. The number of ether oxygens (including phenoxy) is 1. The molecular weight excluding hydrogens is 392 g/mol. The average molecular weight is 425 g/mol. The molecule has 8 nitrogen and oxygen atoms in total. The lowest BCUT2D eigenvalue weighted by Gasteiger charge is -2.28. The molecule has 1 N–H and O–H groups in total. The van der Waals surface area contributed by atoms with Crippen LogP contribution in [0.25, 0.3) is 10.9 Å².